The zero-order chi connectivity index (χ0) is 22.1. The average molecular weight is 430 g/mol. The number of hydrogen-bond acceptors (Lipinski definition) is 4. The Morgan fingerprint density at radius 2 is 1.64 bits per heavy atom. The Labute approximate surface area is 175 Å². The minimum absolute atomic E-state index is 0.0574. The molecule has 0 fully saturated rings. The molecular formula is C21H43NO4Si2. The molecule has 0 aromatic carbocycles. The molecule has 1 rings (SSSR count). The van der Waals surface area contributed by atoms with E-state index < -0.39 is 22.2 Å². The summed E-state index contributed by atoms with van der Waals surface area (Å²) in [6, 6.07) is -0.0574. The molecular weight excluding hydrogens is 386 g/mol. The molecule has 1 amide bonds. The second-order valence-corrected chi connectivity index (χ2v) is 20.7. The van der Waals surface area contributed by atoms with Crippen LogP contribution in [0.3, 0.4) is 0 Å². The standard InChI is InChI=1S/C21H43NO4Si2/c1-16-13-17(26-27(8,9)10)14-22(19(23)25-20(2,3)4)18(16)15-24-28(11,12)21(5,6)7/h13,16,18H,14-15H2,1-12H3/t16-,18+/m0/s1. The highest BCUT2D eigenvalue weighted by atomic mass is 28.4. The van der Waals surface area contributed by atoms with Crippen LogP contribution in [0.2, 0.25) is 37.8 Å². The van der Waals surface area contributed by atoms with Gasteiger partial charge in [0.1, 0.15) is 5.60 Å². The number of carbonyl (C=O) groups is 1. The van der Waals surface area contributed by atoms with Crippen molar-refractivity contribution < 1.29 is 18.4 Å². The highest BCUT2D eigenvalue weighted by Crippen LogP contribution is 2.37. The van der Waals surface area contributed by atoms with Crippen LogP contribution in [-0.4, -0.2) is 52.4 Å². The number of nitrogens with zero attached hydrogens (tertiary/aromatic N) is 1. The van der Waals surface area contributed by atoms with Crippen molar-refractivity contribution in [3.05, 3.63) is 11.8 Å². The number of ether oxygens (including phenoxy) is 1. The van der Waals surface area contributed by atoms with Crippen LogP contribution in [0, 0.1) is 5.92 Å². The Kier molecular flexibility index (Phi) is 7.68. The fourth-order valence-electron chi connectivity index (χ4n) is 2.76. The molecule has 0 saturated carbocycles. The molecule has 1 aliphatic rings. The van der Waals surface area contributed by atoms with E-state index >= 15 is 0 Å². The van der Waals surface area contributed by atoms with Gasteiger partial charge in [0.15, 0.2) is 8.32 Å². The number of carbonyl (C=O) groups excluding carboxylic acids is 1. The lowest BCUT2D eigenvalue weighted by Gasteiger charge is -2.43. The van der Waals surface area contributed by atoms with E-state index in [4.69, 9.17) is 13.6 Å². The third-order valence-electron chi connectivity index (χ3n) is 5.27. The summed E-state index contributed by atoms with van der Waals surface area (Å²) in [5, 5.41) is 0.129. The molecule has 164 valence electrons. The van der Waals surface area contributed by atoms with Crippen molar-refractivity contribution in [1.82, 2.24) is 4.90 Å². The van der Waals surface area contributed by atoms with Crippen molar-refractivity contribution in [3.63, 3.8) is 0 Å². The van der Waals surface area contributed by atoms with Crippen molar-refractivity contribution >= 4 is 22.7 Å². The summed E-state index contributed by atoms with van der Waals surface area (Å²) < 4.78 is 18.4. The lowest BCUT2D eigenvalue weighted by Crippen LogP contribution is -2.54. The molecule has 0 aromatic rings. The van der Waals surface area contributed by atoms with Crippen LogP contribution in [0.4, 0.5) is 4.79 Å². The van der Waals surface area contributed by atoms with E-state index in [1.165, 1.54) is 0 Å². The fourth-order valence-corrected chi connectivity index (χ4v) is 4.70. The van der Waals surface area contributed by atoms with Gasteiger partial charge in [-0.15, -0.1) is 0 Å². The van der Waals surface area contributed by atoms with Crippen molar-refractivity contribution in [2.45, 2.75) is 97.9 Å². The smallest absolute Gasteiger partial charge is 0.411 e. The molecule has 0 saturated heterocycles. The maximum absolute atomic E-state index is 13.0. The molecule has 0 radical (unpaired) electrons. The third-order valence-corrected chi connectivity index (χ3v) is 10.6. The molecule has 0 bridgehead atoms. The van der Waals surface area contributed by atoms with Gasteiger partial charge in [-0.1, -0.05) is 27.7 Å². The van der Waals surface area contributed by atoms with E-state index in [9.17, 15) is 4.79 Å². The van der Waals surface area contributed by atoms with Crippen LogP contribution in [0.25, 0.3) is 0 Å². The lowest BCUT2D eigenvalue weighted by atomic mass is 9.96. The fraction of sp³-hybridized carbons (Fsp3) is 0.857. The van der Waals surface area contributed by atoms with E-state index in [1.54, 1.807) is 4.90 Å². The highest BCUT2D eigenvalue weighted by molar-refractivity contribution is 6.74. The first-order valence-electron chi connectivity index (χ1n) is 10.4. The quantitative estimate of drug-likeness (QED) is 0.503. The minimum Gasteiger partial charge on any atom is -0.546 e. The van der Waals surface area contributed by atoms with Gasteiger partial charge < -0.3 is 13.6 Å². The molecule has 2 atom stereocenters. The predicted octanol–water partition coefficient (Wildman–Crippen LogP) is 6.00. The molecule has 28 heavy (non-hydrogen) atoms. The van der Waals surface area contributed by atoms with Crippen LogP contribution < -0.4 is 0 Å². The van der Waals surface area contributed by atoms with Crippen LogP contribution in [0.5, 0.6) is 0 Å². The molecule has 0 aromatic heterocycles. The monoisotopic (exact) mass is 429 g/mol. The molecule has 0 spiro atoms. The Balaban J connectivity index is 3.09. The molecule has 0 aliphatic carbocycles. The highest BCUT2D eigenvalue weighted by Gasteiger charge is 2.41. The van der Waals surface area contributed by atoms with E-state index in [-0.39, 0.29) is 23.1 Å². The maximum Gasteiger partial charge on any atom is 0.411 e. The summed E-state index contributed by atoms with van der Waals surface area (Å²) in [5.41, 5.74) is -0.536. The Bertz CT molecular complexity index is 583. The molecule has 0 unspecified atom stereocenters. The molecule has 7 heteroatoms. The van der Waals surface area contributed by atoms with Crippen LogP contribution >= 0.6 is 0 Å². The van der Waals surface area contributed by atoms with Gasteiger partial charge in [-0.3, -0.25) is 4.90 Å². The number of amides is 1. The normalized spacial score (nSPS) is 22.0. The van der Waals surface area contributed by atoms with Crippen LogP contribution in [-0.2, 0) is 13.6 Å². The Morgan fingerprint density at radius 1 is 1.11 bits per heavy atom. The average Bonchev–Trinajstić information content (AvgIpc) is 2.40. The van der Waals surface area contributed by atoms with Crippen LogP contribution in [0.15, 0.2) is 11.8 Å². The van der Waals surface area contributed by atoms with Gasteiger partial charge in [0.2, 0.25) is 8.32 Å². The van der Waals surface area contributed by atoms with Gasteiger partial charge in [-0.2, -0.15) is 0 Å². The lowest BCUT2D eigenvalue weighted by molar-refractivity contribution is 0.00210. The summed E-state index contributed by atoms with van der Waals surface area (Å²) in [4.78, 5) is 14.8. The first-order valence-corrected chi connectivity index (χ1v) is 16.7. The van der Waals surface area contributed by atoms with Gasteiger partial charge >= 0.3 is 6.09 Å². The second-order valence-electron chi connectivity index (χ2n) is 11.5. The zero-order valence-electron chi connectivity index (χ0n) is 20.2. The topological polar surface area (TPSA) is 48.0 Å². The summed E-state index contributed by atoms with van der Waals surface area (Å²) in [6.07, 6.45) is 1.87. The molecule has 0 N–H and O–H groups in total. The third kappa shape index (κ3) is 7.56. The molecule has 1 heterocycles. The maximum atomic E-state index is 13.0. The van der Waals surface area contributed by atoms with Gasteiger partial charge in [0, 0.05) is 5.92 Å². The van der Waals surface area contributed by atoms with Crippen molar-refractivity contribution in [1.29, 1.82) is 0 Å². The summed E-state index contributed by atoms with van der Waals surface area (Å²) in [7, 11) is -3.66. The van der Waals surface area contributed by atoms with Crippen LogP contribution in [0.1, 0.15) is 48.5 Å². The first kappa shape index (κ1) is 25.2. The van der Waals surface area contributed by atoms with Gasteiger partial charge in [-0.05, 0) is 64.6 Å². The summed E-state index contributed by atoms with van der Waals surface area (Å²) in [6.45, 7) is 26.4. The van der Waals surface area contributed by atoms with Gasteiger partial charge in [0.05, 0.1) is 25.0 Å². The van der Waals surface area contributed by atoms with Crippen molar-refractivity contribution in [3.8, 4) is 0 Å². The number of hydrogen-bond donors (Lipinski definition) is 0. The SMILES string of the molecule is C[C@H]1C=C(O[Si](C)(C)C)CN(C(=O)OC(C)(C)C)[C@@H]1CO[Si](C)(C)C(C)(C)C. The summed E-state index contributed by atoms with van der Waals surface area (Å²) >= 11 is 0. The first-order chi connectivity index (χ1) is 12.3. The van der Waals surface area contributed by atoms with Gasteiger partial charge in [0.25, 0.3) is 0 Å². The van der Waals surface area contributed by atoms with E-state index in [0.29, 0.717) is 13.2 Å². The van der Waals surface area contributed by atoms with Crippen molar-refractivity contribution in [2.75, 3.05) is 13.2 Å². The molecule has 1 aliphatic heterocycles. The van der Waals surface area contributed by atoms with E-state index in [0.717, 1.165) is 5.76 Å². The van der Waals surface area contributed by atoms with E-state index in [2.05, 4.69) is 66.5 Å². The largest absolute Gasteiger partial charge is 0.546 e. The summed E-state index contributed by atoms with van der Waals surface area (Å²) in [5.74, 6) is 1.01. The Morgan fingerprint density at radius 3 is 2.07 bits per heavy atom. The van der Waals surface area contributed by atoms with E-state index in [1.807, 2.05) is 20.8 Å². The van der Waals surface area contributed by atoms with Crippen molar-refractivity contribution in [2.24, 2.45) is 5.92 Å². The zero-order valence-corrected chi connectivity index (χ0v) is 22.2. The van der Waals surface area contributed by atoms with Gasteiger partial charge in [-0.25, -0.2) is 4.79 Å². The second kappa shape index (κ2) is 8.52. The minimum atomic E-state index is -1.91. The predicted molar refractivity (Wildman–Crippen MR) is 122 cm³/mol. The molecule has 5 nitrogen and oxygen atoms in total. The number of rotatable bonds is 5. The Hall–Kier alpha value is -0.796.